The third-order valence-corrected chi connectivity index (χ3v) is 3.64. The topological polar surface area (TPSA) is 54.0 Å². The van der Waals surface area contributed by atoms with Crippen molar-refractivity contribution in [1.29, 1.82) is 0 Å². The molecule has 4 nitrogen and oxygen atoms in total. The molecule has 0 aliphatic carbocycles. The number of rotatable bonds is 2. The highest BCUT2D eigenvalue weighted by atomic mass is 79.9. The summed E-state index contributed by atoms with van der Waals surface area (Å²) < 4.78 is 0.873. The fourth-order valence-electron chi connectivity index (χ4n) is 1.66. The van der Waals surface area contributed by atoms with Gasteiger partial charge in [-0.1, -0.05) is 6.07 Å². The van der Waals surface area contributed by atoms with Crippen molar-refractivity contribution >= 4 is 45.0 Å². The second-order valence-electron chi connectivity index (χ2n) is 4.57. The molecule has 2 aromatic rings. The smallest absolute Gasteiger partial charge is 0.257 e. The van der Waals surface area contributed by atoms with E-state index < -0.39 is 0 Å². The average molecular weight is 364 g/mol. The van der Waals surface area contributed by atoms with Crippen LogP contribution in [-0.4, -0.2) is 16.0 Å². The second kappa shape index (κ2) is 6.78. The third kappa shape index (κ3) is 4.34. The van der Waals surface area contributed by atoms with Crippen LogP contribution >= 0.6 is 28.1 Å². The molecule has 0 atom stereocenters. The summed E-state index contributed by atoms with van der Waals surface area (Å²) in [7, 11) is 0. The van der Waals surface area contributed by atoms with Gasteiger partial charge in [-0.3, -0.25) is 10.1 Å². The largest absolute Gasteiger partial charge is 0.317 e. The number of pyridine rings is 1. The van der Waals surface area contributed by atoms with Crippen molar-refractivity contribution in [1.82, 2.24) is 10.3 Å². The Bertz CT molecular complexity index is 686. The molecule has 0 saturated heterocycles. The van der Waals surface area contributed by atoms with Gasteiger partial charge >= 0.3 is 0 Å². The minimum atomic E-state index is -0.243. The minimum absolute atomic E-state index is 0.216. The molecule has 21 heavy (non-hydrogen) atoms. The Labute approximate surface area is 137 Å². The van der Waals surface area contributed by atoms with Crippen LogP contribution in [0.15, 0.2) is 41.0 Å². The van der Waals surface area contributed by atoms with Crippen molar-refractivity contribution in [3.8, 4) is 0 Å². The molecule has 0 bridgehead atoms. The molecule has 2 rings (SSSR count). The summed E-state index contributed by atoms with van der Waals surface area (Å²) in [6.07, 6.45) is 1.65. The van der Waals surface area contributed by atoms with E-state index in [1.807, 2.05) is 32.0 Å². The van der Waals surface area contributed by atoms with Crippen molar-refractivity contribution in [2.75, 3.05) is 5.32 Å². The maximum atomic E-state index is 12.1. The molecular formula is C15H14BrN3OS. The van der Waals surface area contributed by atoms with Gasteiger partial charge < -0.3 is 5.32 Å². The highest BCUT2D eigenvalue weighted by Crippen LogP contribution is 2.11. The summed E-state index contributed by atoms with van der Waals surface area (Å²) in [6, 6.07) is 9.13. The van der Waals surface area contributed by atoms with Crippen LogP contribution in [0.1, 0.15) is 21.5 Å². The number of aryl methyl sites for hydroxylation is 2. The van der Waals surface area contributed by atoms with E-state index in [0.29, 0.717) is 11.4 Å². The molecule has 1 heterocycles. The lowest BCUT2D eigenvalue weighted by molar-refractivity contribution is 0.0977. The van der Waals surface area contributed by atoms with Crippen molar-refractivity contribution in [2.24, 2.45) is 0 Å². The Hall–Kier alpha value is -1.79. The second-order valence-corrected chi connectivity index (χ2v) is 5.89. The SMILES string of the molecule is Cc1ccc(C(=O)NC(=S)Nc2ccc(Br)cn2)cc1C. The maximum Gasteiger partial charge on any atom is 0.257 e. The minimum Gasteiger partial charge on any atom is -0.317 e. The number of hydrogen-bond donors (Lipinski definition) is 2. The third-order valence-electron chi connectivity index (χ3n) is 2.97. The van der Waals surface area contributed by atoms with Crippen LogP contribution in [0.2, 0.25) is 0 Å². The van der Waals surface area contributed by atoms with Crippen molar-refractivity contribution in [3.05, 3.63) is 57.7 Å². The van der Waals surface area contributed by atoms with Gasteiger partial charge in [-0.25, -0.2) is 4.98 Å². The zero-order chi connectivity index (χ0) is 15.4. The molecule has 1 aromatic carbocycles. The molecular weight excluding hydrogens is 350 g/mol. The summed E-state index contributed by atoms with van der Waals surface area (Å²) in [4.78, 5) is 16.2. The van der Waals surface area contributed by atoms with E-state index in [1.54, 1.807) is 18.3 Å². The summed E-state index contributed by atoms with van der Waals surface area (Å²) >= 11 is 8.41. The summed E-state index contributed by atoms with van der Waals surface area (Å²) in [5, 5.41) is 5.71. The fraction of sp³-hybridized carbons (Fsp3) is 0.133. The van der Waals surface area contributed by atoms with Crippen LogP contribution in [0.25, 0.3) is 0 Å². The Kier molecular flexibility index (Phi) is 5.03. The molecule has 108 valence electrons. The number of amides is 1. The van der Waals surface area contributed by atoms with Crippen LogP contribution in [0.4, 0.5) is 5.82 Å². The number of carbonyl (C=O) groups is 1. The number of carbonyl (C=O) groups excluding carboxylic acids is 1. The standard InChI is InChI=1S/C15H14BrN3OS/c1-9-3-4-11(7-10(9)2)14(20)19-15(21)18-13-6-5-12(16)8-17-13/h3-8H,1-2H3,(H2,17,18,19,20,21). The molecule has 6 heteroatoms. The predicted molar refractivity (Wildman–Crippen MR) is 91.5 cm³/mol. The summed E-state index contributed by atoms with van der Waals surface area (Å²) in [6.45, 7) is 3.97. The Morgan fingerprint density at radius 3 is 2.57 bits per heavy atom. The van der Waals surface area contributed by atoms with Gasteiger partial charge in [-0.05, 0) is 77.4 Å². The first-order valence-corrected chi connectivity index (χ1v) is 7.47. The van der Waals surface area contributed by atoms with E-state index in [4.69, 9.17) is 12.2 Å². The lowest BCUT2D eigenvalue weighted by Gasteiger charge is -2.10. The molecule has 0 saturated carbocycles. The lowest BCUT2D eigenvalue weighted by atomic mass is 10.1. The maximum absolute atomic E-state index is 12.1. The van der Waals surface area contributed by atoms with Gasteiger partial charge in [0.15, 0.2) is 5.11 Å². The molecule has 2 N–H and O–H groups in total. The van der Waals surface area contributed by atoms with E-state index in [2.05, 4.69) is 31.5 Å². The first kappa shape index (κ1) is 15.6. The normalized spacial score (nSPS) is 10.0. The van der Waals surface area contributed by atoms with E-state index >= 15 is 0 Å². The van der Waals surface area contributed by atoms with Crippen molar-refractivity contribution < 1.29 is 4.79 Å². The number of hydrogen-bond acceptors (Lipinski definition) is 3. The number of benzene rings is 1. The molecule has 0 aliphatic rings. The van der Waals surface area contributed by atoms with Gasteiger partial charge in [-0.15, -0.1) is 0 Å². The van der Waals surface area contributed by atoms with Crippen LogP contribution in [0.5, 0.6) is 0 Å². The molecule has 0 unspecified atom stereocenters. The first-order chi connectivity index (χ1) is 9.95. The molecule has 0 spiro atoms. The predicted octanol–water partition coefficient (Wildman–Crippen LogP) is 3.59. The number of halogens is 1. The van der Waals surface area contributed by atoms with Crippen LogP contribution in [0, 0.1) is 13.8 Å². The number of nitrogens with one attached hydrogen (secondary N) is 2. The average Bonchev–Trinajstić information content (AvgIpc) is 2.44. The van der Waals surface area contributed by atoms with E-state index in [1.165, 1.54) is 0 Å². The van der Waals surface area contributed by atoms with Gasteiger partial charge in [0.1, 0.15) is 5.82 Å². The van der Waals surface area contributed by atoms with Crippen molar-refractivity contribution in [3.63, 3.8) is 0 Å². The Morgan fingerprint density at radius 2 is 1.95 bits per heavy atom. The van der Waals surface area contributed by atoms with Crippen LogP contribution < -0.4 is 10.6 Å². The van der Waals surface area contributed by atoms with Gasteiger partial charge in [0.25, 0.3) is 5.91 Å². The number of nitrogens with zero attached hydrogens (tertiary/aromatic N) is 1. The van der Waals surface area contributed by atoms with Gasteiger partial charge in [0.05, 0.1) is 0 Å². The zero-order valence-electron chi connectivity index (χ0n) is 11.6. The fourth-order valence-corrected chi connectivity index (χ4v) is 2.09. The molecule has 0 aliphatic heterocycles. The summed E-state index contributed by atoms with van der Waals surface area (Å²) in [5.41, 5.74) is 2.79. The van der Waals surface area contributed by atoms with E-state index in [-0.39, 0.29) is 11.0 Å². The number of anilines is 1. The van der Waals surface area contributed by atoms with Crippen LogP contribution in [0.3, 0.4) is 0 Å². The Morgan fingerprint density at radius 1 is 1.19 bits per heavy atom. The Balaban J connectivity index is 2.00. The highest BCUT2D eigenvalue weighted by Gasteiger charge is 2.09. The molecule has 1 aromatic heterocycles. The summed E-state index contributed by atoms with van der Waals surface area (Å²) in [5.74, 6) is 0.330. The van der Waals surface area contributed by atoms with Gasteiger partial charge in [-0.2, -0.15) is 0 Å². The van der Waals surface area contributed by atoms with Gasteiger partial charge in [0.2, 0.25) is 0 Å². The first-order valence-electron chi connectivity index (χ1n) is 6.27. The van der Waals surface area contributed by atoms with Gasteiger partial charge in [0, 0.05) is 16.2 Å². The molecule has 1 amide bonds. The van der Waals surface area contributed by atoms with Crippen molar-refractivity contribution in [2.45, 2.75) is 13.8 Å². The highest BCUT2D eigenvalue weighted by molar-refractivity contribution is 9.10. The zero-order valence-corrected chi connectivity index (χ0v) is 14.0. The lowest BCUT2D eigenvalue weighted by Crippen LogP contribution is -2.34. The van der Waals surface area contributed by atoms with E-state index in [0.717, 1.165) is 15.6 Å². The number of thiocarbonyl (C=S) groups is 1. The van der Waals surface area contributed by atoms with E-state index in [9.17, 15) is 4.79 Å². The van der Waals surface area contributed by atoms with Crippen LogP contribution in [-0.2, 0) is 0 Å². The monoisotopic (exact) mass is 363 g/mol. The molecule has 0 fully saturated rings. The quantitative estimate of drug-likeness (QED) is 0.800. The number of aromatic nitrogens is 1. The molecule has 0 radical (unpaired) electrons.